The van der Waals surface area contributed by atoms with Gasteiger partial charge in [-0.1, -0.05) is 12.1 Å². The molecule has 2 aromatic rings. The normalized spacial score (nSPS) is 17.8. The molecule has 1 saturated heterocycles. The summed E-state index contributed by atoms with van der Waals surface area (Å²) in [6.45, 7) is 1.25. The van der Waals surface area contributed by atoms with E-state index >= 15 is 0 Å². The number of hydrogen-bond donors (Lipinski definition) is 1. The minimum Gasteiger partial charge on any atom is -0.480 e. The van der Waals surface area contributed by atoms with Gasteiger partial charge in [0.05, 0.1) is 19.2 Å². The zero-order chi connectivity index (χ0) is 17.1. The standard InChI is InChI=1S/C18H19NO5/c1-23-18(22)13-6-4-12(5-7-13)16-9-8-14(24-16)11-19-10-2-3-15(19)17(20)21/h4-9,15H,2-3,10-11H2,1H3,(H,20,21)/t15-/m1/s1. The summed E-state index contributed by atoms with van der Waals surface area (Å²) in [5.41, 5.74) is 1.33. The van der Waals surface area contributed by atoms with Crippen molar-refractivity contribution in [2.45, 2.75) is 25.4 Å². The van der Waals surface area contributed by atoms with E-state index in [9.17, 15) is 14.7 Å². The number of carbonyl (C=O) groups excluding carboxylic acids is 1. The summed E-state index contributed by atoms with van der Waals surface area (Å²) in [6, 6.07) is 10.2. The van der Waals surface area contributed by atoms with E-state index in [2.05, 4.69) is 4.74 Å². The van der Waals surface area contributed by atoms with Gasteiger partial charge in [0.1, 0.15) is 17.6 Å². The Morgan fingerprint density at radius 3 is 2.67 bits per heavy atom. The number of furan rings is 1. The van der Waals surface area contributed by atoms with Crippen molar-refractivity contribution in [2.75, 3.05) is 13.7 Å². The van der Waals surface area contributed by atoms with Gasteiger partial charge in [-0.2, -0.15) is 0 Å². The molecule has 0 bridgehead atoms. The van der Waals surface area contributed by atoms with Crippen molar-refractivity contribution < 1.29 is 23.8 Å². The van der Waals surface area contributed by atoms with E-state index in [-0.39, 0.29) is 5.97 Å². The van der Waals surface area contributed by atoms with Gasteiger partial charge in [-0.15, -0.1) is 0 Å². The predicted octanol–water partition coefficient (Wildman–Crippen LogP) is 2.78. The van der Waals surface area contributed by atoms with Crippen LogP contribution in [0.15, 0.2) is 40.8 Å². The third-order valence-electron chi connectivity index (χ3n) is 4.26. The molecule has 0 amide bonds. The molecule has 126 valence electrons. The van der Waals surface area contributed by atoms with E-state index in [1.807, 2.05) is 17.0 Å². The molecular weight excluding hydrogens is 310 g/mol. The summed E-state index contributed by atoms with van der Waals surface area (Å²) in [5, 5.41) is 9.23. The number of ether oxygens (including phenoxy) is 1. The molecule has 0 spiro atoms. The van der Waals surface area contributed by atoms with Gasteiger partial charge in [-0.3, -0.25) is 9.69 Å². The lowest BCUT2D eigenvalue weighted by molar-refractivity contribution is -0.142. The molecule has 3 rings (SSSR count). The third kappa shape index (κ3) is 3.33. The average molecular weight is 329 g/mol. The quantitative estimate of drug-likeness (QED) is 0.850. The van der Waals surface area contributed by atoms with Crippen LogP contribution in [0.25, 0.3) is 11.3 Å². The van der Waals surface area contributed by atoms with Crippen molar-refractivity contribution in [3.8, 4) is 11.3 Å². The van der Waals surface area contributed by atoms with E-state index in [4.69, 9.17) is 4.42 Å². The number of hydrogen-bond acceptors (Lipinski definition) is 5. The number of aliphatic carboxylic acids is 1. The van der Waals surface area contributed by atoms with Crippen molar-refractivity contribution in [2.24, 2.45) is 0 Å². The van der Waals surface area contributed by atoms with Gasteiger partial charge >= 0.3 is 11.9 Å². The second-order valence-corrected chi connectivity index (χ2v) is 5.80. The molecule has 0 unspecified atom stereocenters. The number of carboxylic acids is 1. The molecule has 0 aliphatic carbocycles. The Hall–Kier alpha value is -2.60. The van der Waals surface area contributed by atoms with Crippen LogP contribution in [0.5, 0.6) is 0 Å². The predicted molar refractivity (Wildman–Crippen MR) is 86.6 cm³/mol. The first kappa shape index (κ1) is 16.3. The van der Waals surface area contributed by atoms with Crippen molar-refractivity contribution >= 4 is 11.9 Å². The SMILES string of the molecule is COC(=O)c1ccc(-c2ccc(CN3CCC[C@@H]3C(=O)O)o2)cc1. The molecule has 1 N–H and O–H groups in total. The molecular formula is C18H19NO5. The Labute approximate surface area is 139 Å². The maximum absolute atomic E-state index is 11.4. The first-order valence-electron chi connectivity index (χ1n) is 7.83. The van der Waals surface area contributed by atoms with Gasteiger partial charge in [0.2, 0.25) is 0 Å². The summed E-state index contributed by atoms with van der Waals surface area (Å²) in [5.74, 6) is 0.260. The first-order chi connectivity index (χ1) is 11.6. The fourth-order valence-corrected chi connectivity index (χ4v) is 3.00. The number of rotatable bonds is 5. The lowest BCUT2D eigenvalue weighted by atomic mass is 10.1. The molecule has 24 heavy (non-hydrogen) atoms. The van der Waals surface area contributed by atoms with Crippen LogP contribution < -0.4 is 0 Å². The Bertz CT molecular complexity index is 734. The van der Waals surface area contributed by atoms with Crippen molar-refractivity contribution in [1.29, 1.82) is 0 Å². The minimum absolute atomic E-state index is 0.379. The molecule has 6 heteroatoms. The number of carboxylic acid groups (broad SMARTS) is 1. The molecule has 1 atom stereocenters. The number of likely N-dealkylation sites (tertiary alicyclic amines) is 1. The van der Waals surface area contributed by atoms with Crippen molar-refractivity contribution in [1.82, 2.24) is 4.90 Å². The zero-order valence-electron chi connectivity index (χ0n) is 13.4. The highest BCUT2D eigenvalue weighted by Crippen LogP contribution is 2.26. The monoisotopic (exact) mass is 329 g/mol. The number of esters is 1. The van der Waals surface area contributed by atoms with Crippen LogP contribution in [0.2, 0.25) is 0 Å². The van der Waals surface area contributed by atoms with Crippen molar-refractivity contribution in [3.63, 3.8) is 0 Å². The topological polar surface area (TPSA) is 80.0 Å². The highest BCUT2D eigenvalue weighted by Gasteiger charge is 2.30. The Kier molecular flexibility index (Phi) is 4.66. The Balaban J connectivity index is 1.71. The molecule has 0 radical (unpaired) electrons. The summed E-state index contributed by atoms with van der Waals surface area (Å²) in [7, 11) is 1.35. The van der Waals surface area contributed by atoms with E-state index in [0.29, 0.717) is 24.3 Å². The molecule has 1 aromatic carbocycles. The molecule has 0 saturated carbocycles. The maximum atomic E-state index is 11.4. The maximum Gasteiger partial charge on any atom is 0.337 e. The van der Waals surface area contributed by atoms with Gasteiger partial charge < -0.3 is 14.3 Å². The number of nitrogens with zero attached hydrogens (tertiary/aromatic N) is 1. The molecule has 6 nitrogen and oxygen atoms in total. The van der Waals surface area contributed by atoms with Gasteiger partial charge in [-0.25, -0.2) is 4.79 Å². The van der Waals surface area contributed by atoms with E-state index in [1.54, 1.807) is 24.3 Å². The fraction of sp³-hybridized carbons (Fsp3) is 0.333. The second kappa shape index (κ2) is 6.88. The minimum atomic E-state index is -0.780. The largest absolute Gasteiger partial charge is 0.480 e. The second-order valence-electron chi connectivity index (χ2n) is 5.80. The van der Waals surface area contributed by atoms with Crippen molar-refractivity contribution in [3.05, 3.63) is 47.7 Å². The van der Waals surface area contributed by atoms with Gasteiger partial charge in [0, 0.05) is 5.56 Å². The lowest BCUT2D eigenvalue weighted by Gasteiger charge is -2.19. The van der Waals surface area contributed by atoms with Crippen LogP contribution in [-0.2, 0) is 16.1 Å². The number of methoxy groups -OCH3 is 1. The summed E-state index contributed by atoms with van der Waals surface area (Å²) >= 11 is 0. The van der Waals surface area contributed by atoms with Crippen LogP contribution in [0.4, 0.5) is 0 Å². The molecule has 1 aliphatic rings. The molecule has 1 fully saturated rings. The molecule has 1 aliphatic heterocycles. The molecule has 2 heterocycles. The first-order valence-corrected chi connectivity index (χ1v) is 7.83. The summed E-state index contributed by atoms with van der Waals surface area (Å²) in [6.07, 6.45) is 1.57. The van der Waals surface area contributed by atoms with E-state index in [0.717, 1.165) is 24.3 Å². The van der Waals surface area contributed by atoms with Gasteiger partial charge in [-0.05, 0) is 43.7 Å². The van der Waals surface area contributed by atoms with Crippen LogP contribution in [0.3, 0.4) is 0 Å². The smallest absolute Gasteiger partial charge is 0.337 e. The highest BCUT2D eigenvalue weighted by molar-refractivity contribution is 5.89. The average Bonchev–Trinajstić information content (AvgIpc) is 3.24. The van der Waals surface area contributed by atoms with Crippen LogP contribution in [0, 0.1) is 0 Å². The molecule has 1 aromatic heterocycles. The van der Waals surface area contributed by atoms with Gasteiger partial charge in [0.15, 0.2) is 0 Å². The van der Waals surface area contributed by atoms with Crippen LogP contribution >= 0.6 is 0 Å². The van der Waals surface area contributed by atoms with Crippen LogP contribution in [0.1, 0.15) is 29.0 Å². The Morgan fingerprint density at radius 1 is 1.25 bits per heavy atom. The van der Waals surface area contributed by atoms with E-state index in [1.165, 1.54) is 7.11 Å². The fourth-order valence-electron chi connectivity index (χ4n) is 3.00. The summed E-state index contributed by atoms with van der Waals surface area (Å²) in [4.78, 5) is 24.6. The highest BCUT2D eigenvalue weighted by atomic mass is 16.5. The number of carbonyl (C=O) groups is 2. The van der Waals surface area contributed by atoms with Crippen LogP contribution in [-0.4, -0.2) is 41.6 Å². The third-order valence-corrected chi connectivity index (χ3v) is 4.26. The van der Waals surface area contributed by atoms with E-state index < -0.39 is 12.0 Å². The lowest BCUT2D eigenvalue weighted by Crippen LogP contribution is -2.35. The number of benzene rings is 1. The summed E-state index contributed by atoms with van der Waals surface area (Å²) < 4.78 is 10.5. The van der Waals surface area contributed by atoms with Gasteiger partial charge in [0.25, 0.3) is 0 Å². The Morgan fingerprint density at radius 2 is 2.00 bits per heavy atom. The zero-order valence-corrected chi connectivity index (χ0v) is 13.4.